The normalized spacial score (nSPS) is 12.5. The van der Waals surface area contributed by atoms with Crippen molar-refractivity contribution < 1.29 is 9.90 Å². The summed E-state index contributed by atoms with van der Waals surface area (Å²) in [4.78, 5) is 11.2. The van der Waals surface area contributed by atoms with E-state index < -0.39 is 6.10 Å². The molecule has 64 valence electrons. The molecule has 0 saturated heterocycles. The molecule has 0 aromatic heterocycles. The minimum absolute atomic E-state index is 0.0618. The maximum absolute atomic E-state index is 11.2. The first-order chi connectivity index (χ1) is 5.75. The average Bonchev–Trinajstić information content (AvgIpc) is 2.17. The van der Waals surface area contributed by atoms with Gasteiger partial charge in [-0.05, 0) is 0 Å². The molecule has 0 bridgehead atoms. The number of ketones is 1. The molecule has 0 aliphatic rings. The van der Waals surface area contributed by atoms with Crippen LogP contribution in [-0.4, -0.2) is 22.9 Å². The Morgan fingerprint density at radius 3 is 2.50 bits per heavy atom. The van der Waals surface area contributed by atoms with Gasteiger partial charge in [-0.3, -0.25) is 4.79 Å². The van der Waals surface area contributed by atoms with Gasteiger partial charge in [0.1, 0.15) is 6.10 Å². The van der Waals surface area contributed by atoms with Crippen LogP contribution in [-0.2, 0) is 0 Å². The number of halogens is 1. The van der Waals surface area contributed by atoms with Crippen molar-refractivity contribution in [3.63, 3.8) is 0 Å². The third-order valence-electron chi connectivity index (χ3n) is 1.51. The monoisotopic (exact) mass is 184 g/mol. The fourth-order valence-electron chi connectivity index (χ4n) is 0.865. The molecule has 3 heteroatoms. The first-order valence-electron chi connectivity index (χ1n) is 3.59. The Kier molecular flexibility index (Phi) is 3.26. The van der Waals surface area contributed by atoms with Crippen LogP contribution < -0.4 is 0 Å². The lowest BCUT2D eigenvalue weighted by Gasteiger charge is -2.04. The van der Waals surface area contributed by atoms with E-state index in [4.69, 9.17) is 16.7 Å². The predicted molar refractivity (Wildman–Crippen MR) is 47.5 cm³/mol. The van der Waals surface area contributed by atoms with Crippen LogP contribution in [0.15, 0.2) is 30.3 Å². The molecule has 1 aromatic rings. The third-order valence-corrected chi connectivity index (χ3v) is 1.80. The lowest BCUT2D eigenvalue weighted by molar-refractivity contribution is 0.0785. The van der Waals surface area contributed by atoms with E-state index >= 15 is 0 Å². The molecular weight excluding hydrogens is 176 g/mol. The lowest BCUT2D eigenvalue weighted by Crippen LogP contribution is -2.21. The molecule has 0 radical (unpaired) electrons. The van der Waals surface area contributed by atoms with Crippen molar-refractivity contribution >= 4 is 17.4 Å². The van der Waals surface area contributed by atoms with E-state index in [-0.39, 0.29) is 11.7 Å². The lowest BCUT2D eigenvalue weighted by atomic mass is 10.1. The highest BCUT2D eigenvalue weighted by Crippen LogP contribution is 2.04. The second-order valence-electron chi connectivity index (χ2n) is 2.40. The van der Waals surface area contributed by atoms with E-state index in [2.05, 4.69) is 0 Å². The average molecular weight is 185 g/mol. The number of hydrogen-bond donors (Lipinski definition) is 1. The smallest absolute Gasteiger partial charge is 0.192 e. The highest BCUT2D eigenvalue weighted by Gasteiger charge is 2.14. The molecule has 0 amide bonds. The van der Waals surface area contributed by atoms with Gasteiger partial charge in [0.05, 0.1) is 5.88 Å². The summed E-state index contributed by atoms with van der Waals surface area (Å²) in [6.45, 7) is 0. The molecule has 1 rings (SSSR count). The van der Waals surface area contributed by atoms with E-state index in [1.807, 2.05) is 6.07 Å². The van der Waals surface area contributed by atoms with Gasteiger partial charge in [0.15, 0.2) is 5.78 Å². The van der Waals surface area contributed by atoms with Gasteiger partial charge in [-0.15, -0.1) is 11.6 Å². The number of hydrogen-bond acceptors (Lipinski definition) is 2. The van der Waals surface area contributed by atoms with Gasteiger partial charge in [-0.25, -0.2) is 0 Å². The summed E-state index contributed by atoms with van der Waals surface area (Å²) in [6.07, 6.45) is -1.09. The number of benzene rings is 1. The summed E-state index contributed by atoms with van der Waals surface area (Å²) in [7, 11) is 0. The summed E-state index contributed by atoms with van der Waals surface area (Å²) < 4.78 is 0. The molecule has 0 fully saturated rings. The Bertz CT molecular complexity index is 258. The Balaban J connectivity index is 2.79. The van der Waals surface area contributed by atoms with E-state index in [0.29, 0.717) is 5.56 Å². The van der Waals surface area contributed by atoms with Crippen molar-refractivity contribution in [3.8, 4) is 0 Å². The van der Waals surface area contributed by atoms with E-state index in [0.717, 1.165) is 0 Å². The number of aliphatic hydroxyl groups is 1. The van der Waals surface area contributed by atoms with Gasteiger partial charge < -0.3 is 5.11 Å². The van der Waals surface area contributed by atoms with Gasteiger partial charge in [0, 0.05) is 5.56 Å². The van der Waals surface area contributed by atoms with E-state index in [9.17, 15) is 4.79 Å². The fraction of sp³-hybridized carbons (Fsp3) is 0.222. The van der Waals surface area contributed by atoms with Crippen LogP contribution in [0.1, 0.15) is 10.4 Å². The van der Waals surface area contributed by atoms with Gasteiger partial charge >= 0.3 is 0 Å². The van der Waals surface area contributed by atoms with Crippen LogP contribution >= 0.6 is 11.6 Å². The van der Waals surface area contributed by atoms with Crippen molar-refractivity contribution in [1.82, 2.24) is 0 Å². The molecule has 0 saturated carbocycles. The standard InChI is InChI=1S/C9H9ClO2/c10-6-8(11)9(12)7-4-2-1-3-5-7/h1-5,8,11H,6H2. The maximum Gasteiger partial charge on any atom is 0.192 e. The zero-order valence-electron chi connectivity index (χ0n) is 6.40. The van der Waals surface area contributed by atoms with Crippen LogP contribution in [0.25, 0.3) is 0 Å². The van der Waals surface area contributed by atoms with Crippen molar-refractivity contribution in [2.24, 2.45) is 0 Å². The van der Waals surface area contributed by atoms with Crippen LogP contribution in [0.4, 0.5) is 0 Å². The Morgan fingerprint density at radius 2 is 2.00 bits per heavy atom. The largest absolute Gasteiger partial charge is 0.384 e. The zero-order chi connectivity index (χ0) is 8.97. The summed E-state index contributed by atoms with van der Waals surface area (Å²) in [5.41, 5.74) is 0.491. The quantitative estimate of drug-likeness (QED) is 0.571. The molecule has 1 unspecified atom stereocenters. The number of aliphatic hydroxyl groups excluding tert-OH is 1. The van der Waals surface area contributed by atoms with Gasteiger partial charge in [0.25, 0.3) is 0 Å². The SMILES string of the molecule is O=C(c1ccccc1)C(O)CCl. The van der Waals surface area contributed by atoms with Gasteiger partial charge in [-0.2, -0.15) is 0 Å². The van der Waals surface area contributed by atoms with Gasteiger partial charge in [-0.1, -0.05) is 30.3 Å². The van der Waals surface area contributed by atoms with Crippen molar-refractivity contribution in [1.29, 1.82) is 0 Å². The highest BCUT2D eigenvalue weighted by molar-refractivity contribution is 6.20. The predicted octanol–water partition coefficient (Wildman–Crippen LogP) is 1.47. The van der Waals surface area contributed by atoms with Crippen LogP contribution in [0.2, 0.25) is 0 Å². The number of alkyl halides is 1. The van der Waals surface area contributed by atoms with Crippen molar-refractivity contribution in [3.05, 3.63) is 35.9 Å². The van der Waals surface area contributed by atoms with Crippen molar-refractivity contribution in [2.45, 2.75) is 6.10 Å². The fourth-order valence-corrected chi connectivity index (χ4v) is 1.01. The van der Waals surface area contributed by atoms with Crippen molar-refractivity contribution in [2.75, 3.05) is 5.88 Å². The molecule has 1 aromatic carbocycles. The second kappa shape index (κ2) is 4.24. The molecule has 0 spiro atoms. The minimum Gasteiger partial charge on any atom is -0.384 e. The third kappa shape index (κ3) is 2.06. The first-order valence-corrected chi connectivity index (χ1v) is 4.12. The maximum atomic E-state index is 11.2. The second-order valence-corrected chi connectivity index (χ2v) is 2.71. The molecule has 0 aliphatic heterocycles. The van der Waals surface area contributed by atoms with Crippen LogP contribution in [0, 0.1) is 0 Å². The summed E-state index contributed by atoms with van der Waals surface area (Å²) in [5, 5.41) is 9.10. The summed E-state index contributed by atoms with van der Waals surface area (Å²) in [5.74, 6) is -0.390. The van der Waals surface area contributed by atoms with Gasteiger partial charge in [0.2, 0.25) is 0 Å². The summed E-state index contributed by atoms with van der Waals surface area (Å²) >= 11 is 5.33. The number of carbonyl (C=O) groups excluding carboxylic acids is 1. The number of Topliss-reactive ketones (excluding diaryl/α,β-unsaturated/α-hetero) is 1. The molecule has 12 heavy (non-hydrogen) atoms. The Hall–Kier alpha value is -0.860. The van der Waals surface area contributed by atoms with E-state index in [1.165, 1.54) is 0 Å². The molecule has 0 heterocycles. The summed E-state index contributed by atoms with van der Waals surface area (Å²) in [6, 6.07) is 8.60. The topological polar surface area (TPSA) is 37.3 Å². The zero-order valence-corrected chi connectivity index (χ0v) is 7.16. The Morgan fingerprint density at radius 1 is 1.42 bits per heavy atom. The Labute approximate surface area is 75.8 Å². The molecule has 1 N–H and O–H groups in total. The number of rotatable bonds is 3. The highest BCUT2D eigenvalue weighted by atomic mass is 35.5. The van der Waals surface area contributed by atoms with E-state index in [1.54, 1.807) is 24.3 Å². The first kappa shape index (κ1) is 9.23. The number of carbonyl (C=O) groups is 1. The van der Waals surface area contributed by atoms with Crippen LogP contribution in [0.3, 0.4) is 0 Å². The molecule has 1 atom stereocenters. The van der Waals surface area contributed by atoms with Crippen LogP contribution in [0.5, 0.6) is 0 Å². The molecule has 2 nitrogen and oxygen atoms in total. The molecular formula is C9H9ClO2. The molecule has 0 aliphatic carbocycles. The minimum atomic E-state index is -1.09.